The summed E-state index contributed by atoms with van der Waals surface area (Å²) in [6.07, 6.45) is 5.80. The quantitative estimate of drug-likeness (QED) is 0.657. The third-order valence-corrected chi connectivity index (χ3v) is 4.45. The molecule has 1 fully saturated rings. The molecule has 1 amide bonds. The van der Waals surface area contributed by atoms with Crippen LogP contribution in [-0.4, -0.2) is 16.9 Å². The van der Waals surface area contributed by atoms with Gasteiger partial charge in [-0.05, 0) is 43.2 Å². The second kappa shape index (κ2) is 7.26. The summed E-state index contributed by atoms with van der Waals surface area (Å²) in [4.78, 5) is 16.7. The maximum absolute atomic E-state index is 12.4. The molecule has 1 N–H and O–H groups in total. The van der Waals surface area contributed by atoms with Crippen LogP contribution in [0.15, 0.2) is 12.1 Å². The number of pyridine rings is 1. The van der Waals surface area contributed by atoms with Gasteiger partial charge in [0.15, 0.2) is 0 Å². The SMILES string of the molecule is CC1CCCC(NC(=O)c2cc(Cl)nc(C(C)C)c2)CC1. The summed E-state index contributed by atoms with van der Waals surface area (Å²) in [5.41, 5.74) is 1.48. The number of nitrogens with zero attached hydrogens (tertiary/aromatic N) is 1. The van der Waals surface area contributed by atoms with E-state index in [-0.39, 0.29) is 17.9 Å². The Morgan fingerprint density at radius 3 is 2.76 bits per heavy atom. The molecule has 116 valence electrons. The van der Waals surface area contributed by atoms with Gasteiger partial charge < -0.3 is 5.32 Å². The first-order valence-electron chi connectivity index (χ1n) is 7.94. The number of nitrogens with one attached hydrogen (secondary N) is 1. The van der Waals surface area contributed by atoms with Gasteiger partial charge in [-0.2, -0.15) is 0 Å². The summed E-state index contributed by atoms with van der Waals surface area (Å²) in [6, 6.07) is 3.80. The fourth-order valence-corrected chi connectivity index (χ4v) is 3.06. The van der Waals surface area contributed by atoms with E-state index in [0.717, 1.165) is 24.5 Å². The Labute approximate surface area is 132 Å². The van der Waals surface area contributed by atoms with E-state index in [0.29, 0.717) is 10.7 Å². The van der Waals surface area contributed by atoms with Gasteiger partial charge >= 0.3 is 0 Å². The van der Waals surface area contributed by atoms with Crippen LogP contribution in [0.3, 0.4) is 0 Å². The molecule has 1 aliphatic rings. The Balaban J connectivity index is 2.06. The summed E-state index contributed by atoms with van der Waals surface area (Å²) in [5.74, 6) is 1.00. The van der Waals surface area contributed by atoms with Crippen LogP contribution in [0.2, 0.25) is 5.15 Å². The van der Waals surface area contributed by atoms with E-state index >= 15 is 0 Å². The first-order valence-corrected chi connectivity index (χ1v) is 8.32. The lowest BCUT2D eigenvalue weighted by molar-refractivity contribution is 0.0933. The number of hydrogen-bond donors (Lipinski definition) is 1. The largest absolute Gasteiger partial charge is 0.349 e. The van der Waals surface area contributed by atoms with Crippen molar-refractivity contribution < 1.29 is 4.79 Å². The molecule has 1 aromatic heterocycles. The Morgan fingerprint density at radius 2 is 2.05 bits per heavy atom. The second-order valence-electron chi connectivity index (χ2n) is 6.54. The molecule has 1 aromatic rings. The van der Waals surface area contributed by atoms with Gasteiger partial charge in [0.1, 0.15) is 5.15 Å². The van der Waals surface area contributed by atoms with Gasteiger partial charge in [-0.3, -0.25) is 4.79 Å². The van der Waals surface area contributed by atoms with Gasteiger partial charge in [0.05, 0.1) is 0 Å². The minimum atomic E-state index is -0.0271. The van der Waals surface area contributed by atoms with Gasteiger partial charge in [0.2, 0.25) is 0 Å². The summed E-state index contributed by atoms with van der Waals surface area (Å²) in [7, 11) is 0. The highest BCUT2D eigenvalue weighted by Crippen LogP contribution is 2.23. The van der Waals surface area contributed by atoms with Crippen molar-refractivity contribution in [1.29, 1.82) is 0 Å². The van der Waals surface area contributed by atoms with Crippen molar-refractivity contribution in [1.82, 2.24) is 10.3 Å². The predicted octanol–water partition coefficient (Wildman–Crippen LogP) is 4.56. The molecule has 0 spiro atoms. The molecule has 21 heavy (non-hydrogen) atoms. The molecule has 0 aliphatic heterocycles. The molecule has 1 heterocycles. The Kier molecular flexibility index (Phi) is 5.63. The van der Waals surface area contributed by atoms with Crippen LogP contribution in [0, 0.1) is 5.92 Å². The van der Waals surface area contributed by atoms with Crippen LogP contribution in [0.4, 0.5) is 0 Å². The van der Waals surface area contributed by atoms with Crippen molar-refractivity contribution in [2.45, 2.75) is 64.8 Å². The normalized spacial score (nSPS) is 22.9. The van der Waals surface area contributed by atoms with E-state index in [2.05, 4.69) is 17.2 Å². The van der Waals surface area contributed by atoms with Crippen molar-refractivity contribution in [3.05, 3.63) is 28.5 Å². The molecule has 0 saturated heterocycles. The standard InChI is InChI=1S/C17H25ClN2O/c1-11(2)15-9-13(10-16(18)20-15)17(21)19-14-6-4-5-12(3)7-8-14/h9-12,14H,4-8H2,1-3H3,(H,19,21). The van der Waals surface area contributed by atoms with Gasteiger partial charge in [-0.25, -0.2) is 4.98 Å². The molecule has 0 radical (unpaired) electrons. The topological polar surface area (TPSA) is 42.0 Å². The zero-order valence-electron chi connectivity index (χ0n) is 13.2. The predicted molar refractivity (Wildman–Crippen MR) is 86.8 cm³/mol. The lowest BCUT2D eigenvalue weighted by Gasteiger charge is -2.17. The third-order valence-electron chi connectivity index (χ3n) is 4.26. The average molecular weight is 309 g/mol. The number of amides is 1. The van der Waals surface area contributed by atoms with E-state index in [1.165, 1.54) is 19.3 Å². The number of hydrogen-bond acceptors (Lipinski definition) is 2. The van der Waals surface area contributed by atoms with Gasteiger partial charge in [-0.1, -0.05) is 45.2 Å². The number of carbonyl (C=O) groups is 1. The van der Waals surface area contributed by atoms with E-state index < -0.39 is 0 Å². The zero-order chi connectivity index (χ0) is 15.4. The minimum Gasteiger partial charge on any atom is -0.349 e. The third kappa shape index (κ3) is 4.70. The zero-order valence-corrected chi connectivity index (χ0v) is 13.9. The van der Waals surface area contributed by atoms with Crippen LogP contribution in [0.1, 0.15) is 74.8 Å². The highest BCUT2D eigenvalue weighted by atomic mass is 35.5. The van der Waals surface area contributed by atoms with Crippen LogP contribution in [-0.2, 0) is 0 Å². The lowest BCUT2D eigenvalue weighted by Crippen LogP contribution is -2.34. The molecule has 1 aliphatic carbocycles. The highest BCUT2D eigenvalue weighted by molar-refractivity contribution is 6.29. The van der Waals surface area contributed by atoms with Crippen molar-refractivity contribution in [3.63, 3.8) is 0 Å². The smallest absolute Gasteiger partial charge is 0.251 e. The maximum Gasteiger partial charge on any atom is 0.251 e. The summed E-state index contributed by atoms with van der Waals surface area (Å²) in [5, 5.41) is 3.55. The number of aromatic nitrogens is 1. The lowest BCUT2D eigenvalue weighted by atomic mass is 10.0. The molecular weight excluding hydrogens is 284 g/mol. The maximum atomic E-state index is 12.4. The number of halogens is 1. The number of rotatable bonds is 3. The summed E-state index contributed by atoms with van der Waals surface area (Å²) < 4.78 is 0. The fourth-order valence-electron chi connectivity index (χ4n) is 2.84. The van der Waals surface area contributed by atoms with Crippen molar-refractivity contribution in [3.8, 4) is 0 Å². The van der Waals surface area contributed by atoms with Crippen LogP contribution in [0.5, 0.6) is 0 Å². The fraction of sp³-hybridized carbons (Fsp3) is 0.647. The average Bonchev–Trinajstić information content (AvgIpc) is 2.63. The molecule has 4 heteroatoms. The second-order valence-corrected chi connectivity index (χ2v) is 6.93. The van der Waals surface area contributed by atoms with Crippen LogP contribution >= 0.6 is 11.6 Å². The molecule has 0 bridgehead atoms. The minimum absolute atomic E-state index is 0.0271. The molecule has 2 atom stereocenters. The van der Waals surface area contributed by atoms with Gasteiger partial charge in [0, 0.05) is 17.3 Å². The Hall–Kier alpha value is -1.09. The van der Waals surface area contributed by atoms with E-state index in [1.807, 2.05) is 19.9 Å². The summed E-state index contributed by atoms with van der Waals surface area (Å²) in [6.45, 7) is 6.39. The Bertz CT molecular complexity index is 502. The van der Waals surface area contributed by atoms with Gasteiger partial charge in [0.25, 0.3) is 5.91 Å². The molecule has 1 saturated carbocycles. The van der Waals surface area contributed by atoms with E-state index in [9.17, 15) is 4.79 Å². The molecule has 0 aromatic carbocycles. The van der Waals surface area contributed by atoms with Gasteiger partial charge in [-0.15, -0.1) is 0 Å². The first-order chi connectivity index (χ1) is 9.95. The monoisotopic (exact) mass is 308 g/mol. The molecule has 3 nitrogen and oxygen atoms in total. The first kappa shape index (κ1) is 16.3. The summed E-state index contributed by atoms with van der Waals surface area (Å²) >= 11 is 6.04. The van der Waals surface area contributed by atoms with Crippen LogP contribution < -0.4 is 5.32 Å². The highest BCUT2D eigenvalue weighted by Gasteiger charge is 2.19. The Morgan fingerprint density at radius 1 is 1.29 bits per heavy atom. The molecule has 2 unspecified atom stereocenters. The molecule has 2 rings (SSSR count). The van der Waals surface area contributed by atoms with Crippen LogP contribution in [0.25, 0.3) is 0 Å². The number of carbonyl (C=O) groups excluding carboxylic acids is 1. The van der Waals surface area contributed by atoms with Crippen molar-refractivity contribution in [2.24, 2.45) is 5.92 Å². The molecular formula is C17H25ClN2O. The van der Waals surface area contributed by atoms with E-state index in [1.54, 1.807) is 6.07 Å². The van der Waals surface area contributed by atoms with Crippen molar-refractivity contribution >= 4 is 17.5 Å². The van der Waals surface area contributed by atoms with Crippen molar-refractivity contribution in [2.75, 3.05) is 0 Å². The van der Waals surface area contributed by atoms with E-state index in [4.69, 9.17) is 11.6 Å².